The van der Waals surface area contributed by atoms with Crippen LogP contribution in [-0.2, 0) is 4.79 Å². The van der Waals surface area contributed by atoms with Crippen molar-refractivity contribution in [3.8, 4) is 0 Å². The maximum absolute atomic E-state index is 12.3. The number of halogens is 2. The van der Waals surface area contributed by atoms with Crippen LogP contribution in [0.5, 0.6) is 0 Å². The van der Waals surface area contributed by atoms with E-state index in [-0.39, 0.29) is 36.8 Å². The van der Waals surface area contributed by atoms with Crippen LogP contribution in [0.3, 0.4) is 0 Å². The summed E-state index contributed by atoms with van der Waals surface area (Å²) in [6, 6.07) is 0.340. The Morgan fingerprint density at radius 2 is 2.10 bits per heavy atom. The average Bonchev–Trinajstić information content (AvgIpc) is 2.84. The van der Waals surface area contributed by atoms with Crippen LogP contribution in [0.4, 0.5) is 0 Å². The molecule has 0 saturated carbocycles. The molecular weight excluding hydrogens is 301 g/mol. The maximum atomic E-state index is 12.3. The van der Waals surface area contributed by atoms with Gasteiger partial charge in [0.05, 0.1) is 12.0 Å². The normalized spacial score (nSPS) is 28.4. The Hall–Kier alpha value is -0.0700. The van der Waals surface area contributed by atoms with Gasteiger partial charge in [-0.25, -0.2) is 0 Å². The van der Waals surface area contributed by atoms with Crippen LogP contribution in [0, 0.1) is 5.92 Å². The molecule has 2 fully saturated rings. The summed E-state index contributed by atoms with van der Waals surface area (Å²) >= 11 is 0. The number of carbonyl (C=O) groups is 1. The molecule has 0 aliphatic carbocycles. The summed E-state index contributed by atoms with van der Waals surface area (Å²) in [5.41, 5.74) is 0. The summed E-state index contributed by atoms with van der Waals surface area (Å²) < 4.78 is 0. The van der Waals surface area contributed by atoms with Crippen LogP contribution in [0.2, 0.25) is 0 Å². The van der Waals surface area contributed by atoms with Crippen molar-refractivity contribution in [2.24, 2.45) is 5.92 Å². The van der Waals surface area contributed by atoms with Gasteiger partial charge in [-0.15, -0.1) is 24.8 Å². The first-order chi connectivity index (χ1) is 8.58. The van der Waals surface area contributed by atoms with Crippen molar-refractivity contribution >= 4 is 30.7 Å². The molecule has 120 valence electrons. The van der Waals surface area contributed by atoms with Crippen molar-refractivity contribution < 1.29 is 9.90 Å². The molecule has 2 aliphatic rings. The minimum absolute atomic E-state index is 0. The number of rotatable bonds is 3. The Bertz CT molecular complexity index is 299. The molecule has 20 heavy (non-hydrogen) atoms. The highest BCUT2D eigenvalue weighted by Gasteiger charge is 2.32. The van der Waals surface area contributed by atoms with Gasteiger partial charge in [0.25, 0.3) is 0 Å². The number of nitrogens with zero attached hydrogens (tertiary/aromatic N) is 2. The SMILES string of the molecule is CC(O)CN1CCN(C(=O)C2CCNC2)CC1C.Cl.Cl. The number of hydrogen-bond donors (Lipinski definition) is 2. The molecule has 0 radical (unpaired) electrons. The van der Waals surface area contributed by atoms with Crippen molar-refractivity contribution in [2.45, 2.75) is 32.4 Å². The number of aliphatic hydroxyl groups excluding tert-OH is 1. The molecule has 2 heterocycles. The van der Waals surface area contributed by atoms with E-state index >= 15 is 0 Å². The average molecular weight is 328 g/mol. The highest BCUT2D eigenvalue weighted by molar-refractivity contribution is 5.85. The van der Waals surface area contributed by atoms with Crippen molar-refractivity contribution in [3.63, 3.8) is 0 Å². The van der Waals surface area contributed by atoms with E-state index in [4.69, 9.17) is 0 Å². The molecular formula is C13H27Cl2N3O2. The number of nitrogens with one attached hydrogen (secondary N) is 1. The highest BCUT2D eigenvalue weighted by atomic mass is 35.5. The largest absolute Gasteiger partial charge is 0.392 e. The topological polar surface area (TPSA) is 55.8 Å². The third-order valence-corrected chi connectivity index (χ3v) is 3.99. The molecule has 2 N–H and O–H groups in total. The summed E-state index contributed by atoms with van der Waals surface area (Å²) in [5, 5.41) is 12.7. The molecule has 5 nitrogen and oxygen atoms in total. The van der Waals surface area contributed by atoms with Gasteiger partial charge in [0.15, 0.2) is 0 Å². The fraction of sp³-hybridized carbons (Fsp3) is 0.923. The third-order valence-electron chi connectivity index (χ3n) is 3.99. The van der Waals surface area contributed by atoms with Gasteiger partial charge in [0.1, 0.15) is 0 Å². The zero-order valence-corrected chi connectivity index (χ0v) is 13.9. The van der Waals surface area contributed by atoms with E-state index in [2.05, 4.69) is 17.1 Å². The second-order valence-electron chi connectivity index (χ2n) is 5.67. The van der Waals surface area contributed by atoms with E-state index in [1.807, 2.05) is 11.8 Å². The zero-order valence-electron chi connectivity index (χ0n) is 12.2. The van der Waals surface area contributed by atoms with Crippen LogP contribution >= 0.6 is 24.8 Å². The molecule has 0 bridgehead atoms. The van der Waals surface area contributed by atoms with Gasteiger partial charge in [-0.1, -0.05) is 0 Å². The predicted molar refractivity (Wildman–Crippen MR) is 84.8 cm³/mol. The first-order valence-corrected chi connectivity index (χ1v) is 6.99. The molecule has 2 rings (SSSR count). The van der Waals surface area contributed by atoms with Gasteiger partial charge in [-0.05, 0) is 26.8 Å². The molecule has 3 unspecified atom stereocenters. The van der Waals surface area contributed by atoms with Gasteiger partial charge in [-0.2, -0.15) is 0 Å². The van der Waals surface area contributed by atoms with Crippen LogP contribution < -0.4 is 5.32 Å². The molecule has 7 heteroatoms. The van der Waals surface area contributed by atoms with Crippen LogP contribution in [0.15, 0.2) is 0 Å². The fourth-order valence-electron chi connectivity index (χ4n) is 2.93. The van der Waals surface area contributed by atoms with E-state index in [1.165, 1.54) is 0 Å². The number of β-amino-alcohol motifs (C(OH)–C–C–N with tert-alkyl or cyclic N) is 1. The molecule has 0 spiro atoms. The lowest BCUT2D eigenvalue weighted by Gasteiger charge is -2.41. The Labute approximate surface area is 133 Å². The Kier molecular flexibility index (Phi) is 9.02. The van der Waals surface area contributed by atoms with Gasteiger partial charge >= 0.3 is 0 Å². The summed E-state index contributed by atoms with van der Waals surface area (Å²) in [5.74, 6) is 0.490. The van der Waals surface area contributed by atoms with Crippen molar-refractivity contribution in [3.05, 3.63) is 0 Å². The molecule has 3 atom stereocenters. The molecule has 2 aliphatic heterocycles. The Balaban J connectivity index is 0.00000180. The van der Waals surface area contributed by atoms with E-state index in [1.54, 1.807) is 0 Å². The number of carbonyl (C=O) groups excluding carboxylic acids is 1. The van der Waals surface area contributed by atoms with Gasteiger partial charge < -0.3 is 15.3 Å². The monoisotopic (exact) mass is 327 g/mol. The van der Waals surface area contributed by atoms with Crippen molar-refractivity contribution in [1.29, 1.82) is 0 Å². The van der Waals surface area contributed by atoms with Gasteiger partial charge in [0, 0.05) is 38.8 Å². The highest BCUT2D eigenvalue weighted by Crippen LogP contribution is 2.16. The number of amides is 1. The number of piperazine rings is 1. The van der Waals surface area contributed by atoms with E-state index in [9.17, 15) is 9.90 Å². The van der Waals surface area contributed by atoms with Crippen LogP contribution in [0.1, 0.15) is 20.3 Å². The lowest BCUT2D eigenvalue weighted by molar-refractivity contribution is -0.138. The van der Waals surface area contributed by atoms with Gasteiger partial charge in [-0.3, -0.25) is 9.69 Å². The van der Waals surface area contributed by atoms with Crippen molar-refractivity contribution in [2.75, 3.05) is 39.3 Å². The third kappa shape index (κ3) is 5.04. The molecule has 0 aromatic rings. The van der Waals surface area contributed by atoms with Crippen LogP contribution in [-0.4, -0.2) is 72.2 Å². The standard InChI is InChI=1S/C13H25N3O2.2ClH/c1-10-8-16(6-5-15(10)9-11(2)17)13(18)12-3-4-14-7-12;;/h10-12,14,17H,3-9H2,1-2H3;2*1H. The predicted octanol–water partition coefficient (Wildman–Crippen LogP) is 0.353. The van der Waals surface area contributed by atoms with E-state index < -0.39 is 0 Å². The number of aliphatic hydroxyl groups is 1. The second kappa shape index (κ2) is 9.05. The smallest absolute Gasteiger partial charge is 0.227 e. The Morgan fingerprint density at radius 1 is 1.40 bits per heavy atom. The summed E-state index contributed by atoms with van der Waals surface area (Å²) in [4.78, 5) is 16.6. The lowest BCUT2D eigenvalue weighted by atomic mass is 10.1. The fourth-order valence-corrected chi connectivity index (χ4v) is 2.93. The lowest BCUT2D eigenvalue weighted by Crippen LogP contribution is -2.56. The van der Waals surface area contributed by atoms with Crippen molar-refractivity contribution in [1.82, 2.24) is 15.1 Å². The van der Waals surface area contributed by atoms with Crippen LogP contribution in [0.25, 0.3) is 0 Å². The summed E-state index contributed by atoms with van der Waals surface area (Å²) in [6.07, 6.45) is 0.676. The van der Waals surface area contributed by atoms with E-state index in [0.717, 1.165) is 39.1 Å². The molecule has 0 aromatic carbocycles. The zero-order chi connectivity index (χ0) is 13.1. The number of hydrogen-bond acceptors (Lipinski definition) is 4. The molecule has 1 amide bonds. The minimum Gasteiger partial charge on any atom is -0.392 e. The Morgan fingerprint density at radius 3 is 2.60 bits per heavy atom. The van der Waals surface area contributed by atoms with Gasteiger partial charge in [0.2, 0.25) is 5.91 Å². The second-order valence-corrected chi connectivity index (χ2v) is 5.67. The maximum Gasteiger partial charge on any atom is 0.227 e. The quantitative estimate of drug-likeness (QED) is 0.785. The van der Waals surface area contributed by atoms with E-state index in [0.29, 0.717) is 18.5 Å². The molecule has 2 saturated heterocycles. The minimum atomic E-state index is -0.297. The molecule has 0 aromatic heterocycles. The summed E-state index contributed by atoms with van der Waals surface area (Å²) in [6.45, 7) is 8.92. The first-order valence-electron chi connectivity index (χ1n) is 6.99. The summed E-state index contributed by atoms with van der Waals surface area (Å²) in [7, 11) is 0. The first kappa shape index (κ1) is 19.9.